The summed E-state index contributed by atoms with van der Waals surface area (Å²) in [5, 5.41) is 0. The average molecular weight is 285 g/mol. The van der Waals surface area contributed by atoms with Gasteiger partial charge in [-0.1, -0.05) is 11.6 Å². The summed E-state index contributed by atoms with van der Waals surface area (Å²) < 4.78 is 0.810. The van der Waals surface area contributed by atoms with Crippen LogP contribution in [0.4, 0.5) is 0 Å². The Hall–Kier alpha value is -0.390. The van der Waals surface area contributed by atoms with Gasteiger partial charge in [-0.05, 0) is 43.0 Å². The third-order valence-corrected chi connectivity index (χ3v) is 5.69. The van der Waals surface area contributed by atoms with Gasteiger partial charge in [0.05, 0.1) is 10.4 Å². The van der Waals surface area contributed by atoms with Crippen molar-refractivity contribution >= 4 is 34.3 Å². The Morgan fingerprint density at radius 2 is 2.12 bits per heavy atom. The van der Waals surface area contributed by atoms with E-state index in [9.17, 15) is 0 Å². The van der Waals surface area contributed by atoms with Gasteiger partial charge in [0.15, 0.2) is 0 Å². The number of fused-ring (bicyclic) bond motifs is 1. The molecule has 0 radical (unpaired) electrons. The molecule has 0 fully saturated rings. The van der Waals surface area contributed by atoms with E-state index in [-0.39, 0.29) is 6.04 Å². The predicted octanol–water partition coefficient (Wildman–Crippen LogP) is 3.50. The second-order valence-electron chi connectivity index (χ2n) is 4.19. The lowest BCUT2D eigenvalue weighted by molar-refractivity contribution is 0.656. The number of aryl methyl sites for hydroxylation is 2. The number of hydrogen-bond donors (Lipinski definition) is 2. The lowest BCUT2D eigenvalue weighted by Gasteiger charge is -2.12. The van der Waals surface area contributed by atoms with E-state index in [2.05, 4.69) is 11.5 Å². The number of rotatable bonds is 3. The summed E-state index contributed by atoms with van der Waals surface area (Å²) in [6, 6.07) is 6.35. The van der Waals surface area contributed by atoms with Crippen molar-refractivity contribution in [2.45, 2.75) is 25.3 Å². The zero-order chi connectivity index (χ0) is 11.8. The first-order chi connectivity index (χ1) is 8.28. The van der Waals surface area contributed by atoms with Gasteiger partial charge < -0.3 is 0 Å². The van der Waals surface area contributed by atoms with Gasteiger partial charge in [-0.3, -0.25) is 5.84 Å². The molecule has 2 heterocycles. The third kappa shape index (κ3) is 2.16. The molecule has 3 N–H and O–H groups in total. The molecule has 1 aliphatic carbocycles. The van der Waals surface area contributed by atoms with E-state index in [1.54, 1.807) is 11.3 Å². The first-order valence-corrected chi connectivity index (χ1v) is 7.62. The Kier molecular flexibility index (Phi) is 3.23. The molecule has 1 aliphatic rings. The Morgan fingerprint density at radius 1 is 1.24 bits per heavy atom. The fraction of sp³-hybridized carbons (Fsp3) is 0.333. The molecule has 0 bridgehead atoms. The van der Waals surface area contributed by atoms with E-state index in [1.807, 2.05) is 23.5 Å². The molecular formula is C12H13ClN2S2. The van der Waals surface area contributed by atoms with Crippen LogP contribution in [0.15, 0.2) is 18.2 Å². The molecule has 0 amide bonds. The van der Waals surface area contributed by atoms with Crippen LogP contribution < -0.4 is 11.3 Å². The van der Waals surface area contributed by atoms with Crippen LogP contribution in [0.2, 0.25) is 4.34 Å². The molecule has 0 saturated heterocycles. The van der Waals surface area contributed by atoms with Gasteiger partial charge in [-0.15, -0.1) is 22.7 Å². The number of hydrazine groups is 1. The number of hydrogen-bond acceptors (Lipinski definition) is 4. The maximum absolute atomic E-state index is 5.98. The molecule has 0 aliphatic heterocycles. The Labute approximate surface area is 113 Å². The summed E-state index contributed by atoms with van der Waals surface area (Å²) in [6.45, 7) is 0. The molecule has 0 saturated carbocycles. The second kappa shape index (κ2) is 4.71. The normalized spacial score (nSPS) is 16.1. The van der Waals surface area contributed by atoms with E-state index >= 15 is 0 Å². The number of thiophene rings is 2. The summed E-state index contributed by atoms with van der Waals surface area (Å²) in [6.07, 6.45) is 3.74. The van der Waals surface area contributed by atoms with E-state index < -0.39 is 0 Å². The van der Waals surface area contributed by atoms with Crippen molar-refractivity contribution in [1.82, 2.24) is 5.43 Å². The van der Waals surface area contributed by atoms with Gasteiger partial charge in [0.25, 0.3) is 0 Å². The molecule has 2 aromatic rings. The highest BCUT2D eigenvalue weighted by Crippen LogP contribution is 2.38. The highest BCUT2D eigenvalue weighted by atomic mass is 35.5. The summed E-state index contributed by atoms with van der Waals surface area (Å²) in [5.41, 5.74) is 4.41. The molecule has 0 spiro atoms. The van der Waals surface area contributed by atoms with Gasteiger partial charge in [0.1, 0.15) is 0 Å². The monoisotopic (exact) mass is 284 g/mol. The minimum absolute atomic E-state index is 0.0862. The second-order valence-corrected chi connectivity index (χ2v) is 7.11. The highest BCUT2D eigenvalue weighted by Gasteiger charge is 2.21. The van der Waals surface area contributed by atoms with E-state index in [0.29, 0.717) is 0 Å². The SMILES string of the molecule is NNC(c1ccc(Cl)s1)c1cc2c(s1)CCC2. The molecule has 0 aromatic carbocycles. The van der Waals surface area contributed by atoms with Crippen molar-refractivity contribution in [3.8, 4) is 0 Å². The standard InChI is InChI=1S/C12H13ClN2S2/c13-11-5-4-9(17-11)12(15-14)10-6-7-2-1-3-8(7)16-10/h4-6,12,15H,1-3,14H2. The first-order valence-electron chi connectivity index (χ1n) is 5.61. The van der Waals surface area contributed by atoms with Crippen molar-refractivity contribution in [3.63, 3.8) is 0 Å². The lowest BCUT2D eigenvalue weighted by atomic mass is 10.1. The minimum Gasteiger partial charge on any atom is -0.271 e. The van der Waals surface area contributed by atoms with Crippen LogP contribution in [-0.2, 0) is 12.8 Å². The van der Waals surface area contributed by atoms with Crippen molar-refractivity contribution in [3.05, 3.63) is 42.7 Å². The maximum atomic E-state index is 5.98. The van der Waals surface area contributed by atoms with Crippen LogP contribution >= 0.6 is 34.3 Å². The average Bonchev–Trinajstić information content (AvgIpc) is 2.95. The van der Waals surface area contributed by atoms with E-state index in [0.717, 1.165) is 4.34 Å². The fourth-order valence-electron chi connectivity index (χ4n) is 2.28. The Balaban J connectivity index is 1.94. The molecule has 1 unspecified atom stereocenters. The Bertz CT molecular complexity index is 511. The van der Waals surface area contributed by atoms with Crippen molar-refractivity contribution in [2.75, 3.05) is 0 Å². The Morgan fingerprint density at radius 3 is 2.76 bits per heavy atom. The molecule has 2 aromatic heterocycles. The van der Waals surface area contributed by atoms with Crippen LogP contribution in [0.5, 0.6) is 0 Å². The number of nitrogens with one attached hydrogen (secondary N) is 1. The summed E-state index contributed by atoms with van der Waals surface area (Å²) in [4.78, 5) is 4.01. The van der Waals surface area contributed by atoms with Crippen LogP contribution in [0.3, 0.4) is 0 Å². The summed E-state index contributed by atoms with van der Waals surface area (Å²) >= 11 is 9.44. The van der Waals surface area contributed by atoms with Crippen LogP contribution in [0.1, 0.15) is 32.7 Å². The van der Waals surface area contributed by atoms with Gasteiger partial charge in [-0.25, -0.2) is 5.43 Å². The lowest BCUT2D eigenvalue weighted by Crippen LogP contribution is -2.27. The molecule has 90 valence electrons. The minimum atomic E-state index is 0.0862. The maximum Gasteiger partial charge on any atom is 0.0931 e. The van der Waals surface area contributed by atoms with Crippen molar-refractivity contribution < 1.29 is 0 Å². The number of halogens is 1. The smallest absolute Gasteiger partial charge is 0.0931 e. The highest BCUT2D eigenvalue weighted by molar-refractivity contribution is 7.16. The summed E-state index contributed by atoms with van der Waals surface area (Å²) in [5.74, 6) is 5.69. The van der Waals surface area contributed by atoms with E-state index in [1.165, 1.54) is 39.5 Å². The zero-order valence-electron chi connectivity index (χ0n) is 9.20. The third-order valence-electron chi connectivity index (χ3n) is 3.10. The van der Waals surface area contributed by atoms with Gasteiger partial charge in [0, 0.05) is 14.6 Å². The molecule has 5 heteroatoms. The zero-order valence-corrected chi connectivity index (χ0v) is 11.6. The molecule has 17 heavy (non-hydrogen) atoms. The molecule has 3 rings (SSSR count). The van der Waals surface area contributed by atoms with Gasteiger partial charge >= 0.3 is 0 Å². The van der Waals surface area contributed by atoms with Gasteiger partial charge in [0.2, 0.25) is 0 Å². The first kappa shape index (κ1) is 11.7. The van der Waals surface area contributed by atoms with Crippen LogP contribution in [0.25, 0.3) is 0 Å². The predicted molar refractivity (Wildman–Crippen MR) is 74.8 cm³/mol. The molecule has 1 atom stereocenters. The topological polar surface area (TPSA) is 38.0 Å². The van der Waals surface area contributed by atoms with Crippen molar-refractivity contribution in [2.24, 2.45) is 5.84 Å². The van der Waals surface area contributed by atoms with E-state index in [4.69, 9.17) is 17.4 Å². The van der Waals surface area contributed by atoms with Gasteiger partial charge in [-0.2, -0.15) is 0 Å². The van der Waals surface area contributed by atoms with Crippen molar-refractivity contribution in [1.29, 1.82) is 0 Å². The molecular weight excluding hydrogens is 272 g/mol. The van der Waals surface area contributed by atoms with Crippen LogP contribution in [0, 0.1) is 0 Å². The summed E-state index contributed by atoms with van der Waals surface area (Å²) in [7, 11) is 0. The van der Waals surface area contributed by atoms with Crippen LogP contribution in [-0.4, -0.2) is 0 Å². The quantitative estimate of drug-likeness (QED) is 0.669. The largest absolute Gasteiger partial charge is 0.271 e. The molecule has 2 nitrogen and oxygen atoms in total. The fourth-order valence-corrected chi connectivity index (χ4v) is 4.83. The number of nitrogens with two attached hydrogens (primary N) is 1.